The molecule has 1 atom stereocenters. The highest BCUT2D eigenvalue weighted by molar-refractivity contribution is 6.34. The lowest BCUT2D eigenvalue weighted by molar-refractivity contribution is -0.122. The first-order valence-corrected chi connectivity index (χ1v) is 12.5. The van der Waals surface area contributed by atoms with Crippen LogP contribution in [0.5, 0.6) is 0 Å². The monoisotopic (exact) mass is 525 g/mol. The third kappa shape index (κ3) is 5.45. The molecular weight excluding hydrogens is 502 g/mol. The van der Waals surface area contributed by atoms with E-state index in [1.807, 2.05) is 25.1 Å². The van der Waals surface area contributed by atoms with Crippen molar-refractivity contribution in [1.82, 2.24) is 19.9 Å². The van der Waals surface area contributed by atoms with E-state index in [-0.39, 0.29) is 47.4 Å². The van der Waals surface area contributed by atoms with E-state index in [9.17, 15) is 14.4 Å². The van der Waals surface area contributed by atoms with Crippen LogP contribution in [0.1, 0.15) is 43.2 Å². The fourth-order valence-corrected chi connectivity index (χ4v) is 4.78. The van der Waals surface area contributed by atoms with Gasteiger partial charge in [-0.2, -0.15) is 0 Å². The second-order valence-corrected chi connectivity index (χ2v) is 9.53. The van der Waals surface area contributed by atoms with Crippen molar-refractivity contribution >= 4 is 35.0 Å². The minimum Gasteiger partial charge on any atom is -0.323 e. The number of Topliss-reactive ketones (excluding diaryl/α,β-unsaturated/α-hetero) is 1. The van der Waals surface area contributed by atoms with Gasteiger partial charge in [0.15, 0.2) is 5.78 Å². The van der Waals surface area contributed by atoms with Crippen LogP contribution in [0.25, 0.3) is 0 Å². The van der Waals surface area contributed by atoms with Gasteiger partial charge in [0, 0.05) is 43.7 Å². The Labute approximate surface area is 224 Å². The number of nitrogens with zero attached hydrogens (tertiary/aromatic N) is 4. The topological polar surface area (TPSA) is 105 Å². The van der Waals surface area contributed by atoms with E-state index < -0.39 is 11.9 Å². The first-order valence-electron chi connectivity index (χ1n) is 12.1. The molecule has 1 aromatic carbocycles. The number of nitrogens with one attached hydrogen (secondary N) is 1. The fourth-order valence-electron chi connectivity index (χ4n) is 4.50. The number of rotatable bonds is 6. The first-order chi connectivity index (χ1) is 18.4. The molecule has 4 aromatic rings. The highest BCUT2D eigenvalue weighted by atomic mass is 35.5. The van der Waals surface area contributed by atoms with Gasteiger partial charge in [0.2, 0.25) is 0 Å². The first kappa shape index (κ1) is 25.2. The molecule has 0 saturated carbocycles. The van der Waals surface area contributed by atoms with Gasteiger partial charge in [-0.3, -0.25) is 24.4 Å². The lowest BCUT2D eigenvalue weighted by Crippen LogP contribution is -2.45. The summed E-state index contributed by atoms with van der Waals surface area (Å²) < 4.78 is 0. The zero-order valence-corrected chi connectivity index (χ0v) is 21.4. The SMILES string of the molecule is Cc1cnc2c(c1)CC(=O)C(Cc1ccccn1)N(Cc1ccc(C(=O)Nc3ccccn3)c(Cl)c1)C2=O. The van der Waals surface area contributed by atoms with E-state index in [0.717, 1.165) is 5.56 Å². The highest BCUT2D eigenvalue weighted by Crippen LogP contribution is 2.26. The molecule has 0 aliphatic carbocycles. The van der Waals surface area contributed by atoms with Crippen LogP contribution in [0.2, 0.25) is 5.02 Å². The summed E-state index contributed by atoms with van der Waals surface area (Å²) in [6.07, 6.45) is 5.25. The number of aromatic nitrogens is 3. The van der Waals surface area contributed by atoms with Crippen molar-refractivity contribution in [2.24, 2.45) is 0 Å². The molecule has 9 heteroatoms. The number of pyridine rings is 3. The maximum absolute atomic E-state index is 13.7. The number of carbonyl (C=O) groups excluding carboxylic acids is 3. The minimum absolute atomic E-state index is 0.0902. The molecule has 1 aliphatic rings. The van der Waals surface area contributed by atoms with Gasteiger partial charge in [-0.1, -0.05) is 35.9 Å². The van der Waals surface area contributed by atoms with Crippen LogP contribution in [0.4, 0.5) is 5.82 Å². The molecule has 5 rings (SSSR count). The summed E-state index contributed by atoms with van der Waals surface area (Å²) in [5, 5.41) is 2.93. The third-order valence-corrected chi connectivity index (χ3v) is 6.66. The van der Waals surface area contributed by atoms with Crippen molar-refractivity contribution in [3.8, 4) is 0 Å². The number of hydrogen-bond donors (Lipinski definition) is 1. The van der Waals surface area contributed by atoms with Crippen LogP contribution in [0.15, 0.2) is 79.3 Å². The van der Waals surface area contributed by atoms with Crippen LogP contribution in [-0.2, 0) is 24.2 Å². The molecule has 190 valence electrons. The van der Waals surface area contributed by atoms with E-state index in [0.29, 0.717) is 22.6 Å². The minimum atomic E-state index is -0.738. The summed E-state index contributed by atoms with van der Waals surface area (Å²) in [4.78, 5) is 54.4. The van der Waals surface area contributed by atoms with Crippen molar-refractivity contribution in [3.05, 3.63) is 118 Å². The average Bonchev–Trinajstić information content (AvgIpc) is 2.99. The van der Waals surface area contributed by atoms with Gasteiger partial charge >= 0.3 is 0 Å². The molecule has 3 aromatic heterocycles. The number of ketones is 1. The number of anilines is 1. The van der Waals surface area contributed by atoms with Gasteiger partial charge in [-0.25, -0.2) is 4.98 Å². The maximum atomic E-state index is 13.7. The molecule has 0 radical (unpaired) electrons. The molecule has 1 N–H and O–H groups in total. The lowest BCUT2D eigenvalue weighted by Gasteiger charge is -2.29. The van der Waals surface area contributed by atoms with Crippen molar-refractivity contribution in [2.75, 3.05) is 5.32 Å². The van der Waals surface area contributed by atoms with Crippen LogP contribution >= 0.6 is 11.6 Å². The Balaban J connectivity index is 1.45. The Morgan fingerprint density at radius 1 is 1.03 bits per heavy atom. The van der Waals surface area contributed by atoms with Gasteiger partial charge < -0.3 is 10.2 Å². The summed E-state index contributed by atoms with van der Waals surface area (Å²) in [7, 11) is 0. The molecule has 1 aliphatic heterocycles. The molecule has 4 heterocycles. The molecule has 0 saturated heterocycles. The number of benzene rings is 1. The van der Waals surface area contributed by atoms with E-state index in [4.69, 9.17) is 11.6 Å². The summed E-state index contributed by atoms with van der Waals surface area (Å²) in [5.41, 5.74) is 3.42. The Morgan fingerprint density at radius 3 is 2.53 bits per heavy atom. The predicted octanol–water partition coefficient (Wildman–Crippen LogP) is 4.46. The fraction of sp³-hybridized carbons (Fsp3) is 0.172. The number of amides is 2. The van der Waals surface area contributed by atoms with E-state index in [2.05, 4.69) is 20.3 Å². The molecule has 0 bridgehead atoms. The van der Waals surface area contributed by atoms with Crippen LogP contribution in [-0.4, -0.2) is 43.5 Å². The van der Waals surface area contributed by atoms with E-state index >= 15 is 0 Å². The second kappa shape index (κ2) is 10.9. The largest absolute Gasteiger partial charge is 0.323 e. The van der Waals surface area contributed by atoms with Gasteiger partial charge in [0.05, 0.1) is 16.6 Å². The molecule has 2 amide bonds. The predicted molar refractivity (Wildman–Crippen MR) is 143 cm³/mol. The van der Waals surface area contributed by atoms with Gasteiger partial charge in [-0.15, -0.1) is 0 Å². The summed E-state index contributed by atoms with van der Waals surface area (Å²) >= 11 is 6.50. The third-order valence-electron chi connectivity index (χ3n) is 6.35. The molecule has 1 unspecified atom stereocenters. The molecular formula is C29H24ClN5O3. The summed E-state index contributed by atoms with van der Waals surface area (Å²) in [6, 6.07) is 16.8. The van der Waals surface area contributed by atoms with Crippen molar-refractivity contribution in [2.45, 2.75) is 32.4 Å². The average molecular weight is 526 g/mol. The van der Waals surface area contributed by atoms with E-state index in [1.54, 1.807) is 61.1 Å². The maximum Gasteiger partial charge on any atom is 0.273 e. The van der Waals surface area contributed by atoms with Crippen LogP contribution in [0, 0.1) is 6.92 Å². The second-order valence-electron chi connectivity index (χ2n) is 9.12. The van der Waals surface area contributed by atoms with Crippen molar-refractivity contribution in [1.29, 1.82) is 0 Å². The van der Waals surface area contributed by atoms with Gasteiger partial charge in [0.1, 0.15) is 11.5 Å². The van der Waals surface area contributed by atoms with Gasteiger partial charge in [0.25, 0.3) is 11.8 Å². The standard InChI is InChI=1S/C29H24ClN5O3/c1-18-12-20-14-25(36)24(15-21-6-2-4-10-31-21)35(29(38)27(20)33-16-18)17-19-8-9-22(23(30)13-19)28(37)34-26-7-3-5-11-32-26/h2-13,16,24H,14-15,17H2,1H3,(H,32,34,37). The Morgan fingerprint density at radius 2 is 1.82 bits per heavy atom. The Hall–Kier alpha value is -4.43. The zero-order chi connectivity index (χ0) is 26.6. The lowest BCUT2D eigenvalue weighted by atomic mass is 9.99. The normalized spacial score (nSPS) is 15.1. The van der Waals surface area contributed by atoms with Crippen molar-refractivity contribution in [3.63, 3.8) is 0 Å². The van der Waals surface area contributed by atoms with Crippen LogP contribution < -0.4 is 5.32 Å². The van der Waals surface area contributed by atoms with Crippen LogP contribution in [0.3, 0.4) is 0 Å². The van der Waals surface area contributed by atoms with E-state index in [1.165, 1.54) is 4.90 Å². The number of aryl methyl sites for hydroxylation is 1. The Kier molecular flexibility index (Phi) is 7.24. The van der Waals surface area contributed by atoms with Crippen molar-refractivity contribution < 1.29 is 14.4 Å². The summed E-state index contributed by atoms with van der Waals surface area (Å²) in [6.45, 7) is 1.99. The zero-order valence-electron chi connectivity index (χ0n) is 20.6. The highest BCUT2D eigenvalue weighted by Gasteiger charge is 2.36. The molecule has 8 nitrogen and oxygen atoms in total. The number of carbonyl (C=O) groups is 3. The smallest absolute Gasteiger partial charge is 0.273 e. The Bertz CT molecular complexity index is 1510. The number of hydrogen-bond acceptors (Lipinski definition) is 6. The quantitative estimate of drug-likeness (QED) is 0.398. The number of halogens is 1. The molecule has 0 fully saturated rings. The molecule has 0 spiro atoms. The summed E-state index contributed by atoms with van der Waals surface area (Å²) in [5.74, 6) is -0.416. The van der Waals surface area contributed by atoms with Gasteiger partial charge in [-0.05, 0) is 60.0 Å². The number of fused-ring (bicyclic) bond motifs is 1. The molecule has 38 heavy (non-hydrogen) atoms.